The van der Waals surface area contributed by atoms with Gasteiger partial charge in [0.15, 0.2) is 0 Å². The van der Waals surface area contributed by atoms with Crippen molar-refractivity contribution in [3.05, 3.63) is 70.8 Å². The van der Waals surface area contributed by atoms with Gasteiger partial charge in [0.2, 0.25) is 0 Å². The number of hydrogen-bond donors (Lipinski definition) is 2. The van der Waals surface area contributed by atoms with Crippen molar-refractivity contribution in [1.82, 2.24) is 15.5 Å². The van der Waals surface area contributed by atoms with Crippen molar-refractivity contribution in [2.45, 2.75) is 19.9 Å². The molecular formula is C21H24ClN3O3. The summed E-state index contributed by atoms with van der Waals surface area (Å²) in [7, 11) is 0. The highest BCUT2D eigenvalue weighted by Gasteiger charge is 2.34. The van der Waals surface area contributed by atoms with Crippen LogP contribution in [0.25, 0.3) is 0 Å². The molecule has 0 fully saturated rings. The number of carbonyl (C=O) groups is 3. The van der Waals surface area contributed by atoms with Crippen LogP contribution < -0.4 is 10.6 Å². The number of amides is 3. The first-order valence-electron chi connectivity index (χ1n) is 9.15. The van der Waals surface area contributed by atoms with Gasteiger partial charge in [0, 0.05) is 18.7 Å². The molecule has 7 heteroatoms. The fraction of sp³-hybridized carbons (Fsp3) is 0.286. The first-order valence-corrected chi connectivity index (χ1v) is 9.15. The van der Waals surface area contributed by atoms with Crippen molar-refractivity contribution < 1.29 is 14.4 Å². The molecule has 0 saturated carbocycles. The highest BCUT2D eigenvalue weighted by atomic mass is 35.5. The van der Waals surface area contributed by atoms with Gasteiger partial charge in [-0.2, -0.15) is 0 Å². The Balaban J connectivity index is 0.00000280. The summed E-state index contributed by atoms with van der Waals surface area (Å²) in [5, 5.41) is 6.09. The van der Waals surface area contributed by atoms with E-state index in [0.717, 1.165) is 18.5 Å². The minimum absolute atomic E-state index is 0. The quantitative estimate of drug-likeness (QED) is 0.526. The molecule has 0 saturated heterocycles. The van der Waals surface area contributed by atoms with E-state index in [1.54, 1.807) is 42.5 Å². The summed E-state index contributed by atoms with van der Waals surface area (Å²) in [5.41, 5.74) is 2.10. The van der Waals surface area contributed by atoms with Gasteiger partial charge in [-0.25, -0.2) is 0 Å². The van der Waals surface area contributed by atoms with Crippen molar-refractivity contribution in [1.29, 1.82) is 0 Å². The van der Waals surface area contributed by atoms with Gasteiger partial charge in [0.25, 0.3) is 17.7 Å². The predicted octanol–water partition coefficient (Wildman–Crippen LogP) is 2.63. The van der Waals surface area contributed by atoms with Crippen molar-refractivity contribution in [2.24, 2.45) is 0 Å². The standard InChI is InChI=1S/C21H23N3O3.ClH/c1-2-10-22-11-12-23-19(25)16-7-5-6-15(13-16)14-24-20(26)17-8-3-4-9-18(17)21(24)27;/h3-9,13,22H,2,10-12,14H2,1H3,(H,23,25);1H. The van der Waals surface area contributed by atoms with Crippen LogP contribution in [0.2, 0.25) is 0 Å². The summed E-state index contributed by atoms with van der Waals surface area (Å²) in [6.07, 6.45) is 1.05. The Bertz CT molecular complexity index is 834. The van der Waals surface area contributed by atoms with E-state index in [2.05, 4.69) is 17.6 Å². The molecule has 1 heterocycles. The van der Waals surface area contributed by atoms with E-state index in [1.165, 1.54) is 4.90 Å². The van der Waals surface area contributed by atoms with Crippen LogP contribution in [0.15, 0.2) is 48.5 Å². The predicted molar refractivity (Wildman–Crippen MR) is 110 cm³/mol. The maximum absolute atomic E-state index is 12.5. The fourth-order valence-electron chi connectivity index (χ4n) is 3.04. The van der Waals surface area contributed by atoms with Crippen LogP contribution in [0.4, 0.5) is 0 Å². The molecule has 6 nitrogen and oxygen atoms in total. The summed E-state index contributed by atoms with van der Waals surface area (Å²) in [6, 6.07) is 13.8. The average Bonchev–Trinajstić information content (AvgIpc) is 2.93. The number of hydrogen-bond acceptors (Lipinski definition) is 4. The first-order chi connectivity index (χ1) is 13.1. The second kappa shape index (κ2) is 10.0. The Labute approximate surface area is 170 Å². The van der Waals surface area contributed by atoms with E-state index < -0.39 is 0 Å². The number of benzene rings is 2. The van der Waals surface area contributed by atoms with Crippen molar-refractivity contribution >= 4 is 30.1 Å². The molecule has 0 atom stereocenters. The summed E-state index contributed by atoms with van der Waals surface area (Å²) < 4.78 is 0. The number of carbonyl (C=O) groups excluding carboxylic acids is 3. The van der Waals surface area contributed by atoms with Crippen LogP contribution in [-0.2, 0) is 6.54 Å². The van der Waals surface area contributed by atoms with Crippen molar-refractivity contribution in [3.63, 3.8) is 0 Å². The maximum Gasteiger partial charge on any atom is 0.261 e. The molecule has 0 radical (unpaired) electrons. The lowest BCUT2D eigenvalue weighted by atomic mass is 10.1. The van der Waals surface area contributed by atoms with Gasteiger partial charge >= 0.3 is 0 Å². The van der Waals surface area contributed by atoms with Gasteiger partial charge in [0.05, 0.1) is 17.7 Å². The molecule has 1 aliphatic rings. The number of halogens is 1. The molecule has 1 aliphatic heterocycles. The first kappa shape index (κ1) is 21.6. The third-order valence-electron chi connectivity index (χ3n) is 4.42. The Morgan fingerprint density at radius 3 is 2.25 bits per heavy atom. The van der Waals surface area contributed by atoms with Gasteiger partial charge in [0.1, 0.15) is 0 Å². The summed E-state index contributed by atoms with van der Waals surface area (Å²) >= 11 is 0. The second-order valence-corrected chi connectivity index (χ2v) is 6.45. The van der Waals surface area contributed by atoms with E-state index in [-0.39, 0.29) is 36.7 Å². The third kappa shape index (κ3) is 4.77. The maximum atomic E-state index is 12.5. The fourth-order valence-corrected chi connectivity index (χ4v) is 3.04. The number of nitrogens with zero attached hydrogens (tertiary/aromatic N) is 1. The third-order valence-corrected chi connectivity index (χ3v) is 4.42. The summed E-state index contributed by atoms with van der Waals surface area (Å²) in [4.78, 5) is 38.5. The lowest BCUT2D eigenvalue weighted by Gasteiger charge is -2.14. The van der Waals surface area contributed by atoms with E-state index in [9.17, 15) is 14.4 Å². The topological polar surface area (TPSA) is 78.5 Å². The van der Waals surface area contributed by atoms with Gasteiger partial charge in [-0.3, -0.25) is 19.3 Å². The molecule has 0 unspecified atom stereocenters. The lowest BCUT2D eigenvalue weighted by Crippen LogP contribution is -2.32. The highest BCUT2D eigenvalue weighted by Crippen LogP contribution is 2.24. The molecule has 3 amide bonds. The minimum Gasteiger partial charge on any atom is -0.351 e. The van der Waals surface area contributed by atoms with Gasteiger partial charge in [-0.15, -0.1) is 12.4 Å². The normalized spacial score (nSPS) is 12.5. The van der Waals surface area contributed by atoms with E-state index in [0.29, 0.717) is 29.8 Å². The molecule has 0 bridgehead atoms. The minimum atomic E-state index is -0.299. The van der Waals surface area contributed by atoms with Crippen LogP contribution in [0, 0.1) is 0 Å². The molecule has 0 aromatic heterocycles. The molecule has 3 rings (SSSR count). The smallest absolute Gasteiger partial charge is 0.261 e. The molecule has 2 N–H and O–H groups in total. The van der Waals surface area contributed by atoms with Crippen LogP contribution >= 0.6 is 12.4 Å². The lowest BCUT2D eigenvalue weighted by molar-refractivity contribution is 0.0642. The largest absolute Gasteiger partial charge is 0.351 e. The molecule has 2 aromatic carbocycles. The zero-order valence-corrected chi connectivity index (χ0v) is 16.6. The summed E-state index contributed by atoms with van der Waals surface area (Å²) in [6.45, 7) is 4.42. The summed E-state index contributed by atoms with van der Waals surface area (Å²) in [5.74, 6) is -0.766. The van der Waals surface area contributed by atoms with Crippen LogP contribution in [0.1, 0.15) is 50.0 Å². The average molecular weight is 402 g/mol. The number of imide groups is 1. The molecule has 148 valence electrons. The molecule has 0 aliphatic carbocycles. The van der Waals surface area contributed by atoms with Crippen molar-refractivity contribution in [3.8, 4) is 0 Å². The Morgan fingerprint density at radius 1 is 0.929 bits per heavy atom. The van der Waals surface area contributed by atoms with Gasteiger partial charge < -0.3 is 10.6 Å². The molecule has 0 spiro atoms. The van der Waals surface area contributed by atoms with E-state index in [4.69, 9.17) is 0 Å². The number of fused-ring (bicyclic) bond motifs is 1. The Morgan fingerprint density at radius 2 is 1.61 bits per heavy atom. The van der Waals surface area contributed by atoms with Crippen LogP contribution in [-0.4, -0.2) is 42.3 Å². The SMILES string of the molecule is CCCNCCNC(=O)c1cccc(CN2C(=O)c3ccccc3C2=O)c1.Cl. The Hall–Kier alpha value is -2.70. The monoisotopic (exact) mass is 401 g/mol. The van der Waals surface area contributed by atoms with Crippen LogP contribution in [0.5, 0.6) is 0 Å². The van der Waals surface area contributed by atoms with Gasteiger partial charge in [-0.05, 0) is 42.8 Å². The van der Waals surface area contributed by atoms with Crippen molar-refractivity contribution in [2.75, 3.05) is 19.6 Å². The molecular weight excluding hydrogens is 378 g/mol. The molecule has 2 aromatic rings. The highest BCUT2D eigenvalue weighted by molar-refractivity contribution is 6.21. The van der Waals surface area contributed by atoms with Crippen LogP contribution in [0.3, 0.4) is 0 Å². The number of rotatable bonds is 8. The zero-order valence-electron chi connectivity index (χ0n) is 15.7. The Kier molecular flexibility index (Phi) is 7.72. The van der Waals surface area contributed by atoms with E-state index in [1.807, 2.05) is 6.07 Å². The number of nitrogens with one attached hydrogen (secondary N) is 2. The molecule has 28 heavy (non-hydrogen) atoms. The zero-order chi connectivity index (χ0) is 19.2. The second-order valence-electron chi connectivity index (χ2n) is 6.45. The van der Waals surface area contributed by atoms with Gasteiger partial charge in [-0.1, -0.05) is 31.2 Å². The van der Waals surface area contributed by atoms with E-state index >= 15 is 0 Å².